The van der Waals surface area contributed by atoms with Crippen LogP contribution in [0.3, 0.4) is 0 Å². The van der Waals surface area contributed by atoms with E-state index in [2.05, 4.69) is 27.1 Å². The number of aromatic nitrogens is 1. The molecule has 0 radical (unpaired) electrons. The molecule has 2 nitrogen and oxygen atoms in total. The molecule has 4 heteroatoms. The molecule has 12 heavy (non-hydrogen) atoms. The van der Waals surface area contributed by atoms with Crippen molar-refractivity contribution in [3.63, 3.8) is 0 Å². The predicted molar refractivity (Wildman–Crippen MR) is 55.0 cm³/mol. The molecule has 0 unspecified atom stereocenters. The SMILES string of the molecule is CNc1nc(-c2cccs2)cs1. The number of thiazole rings is 1. The van der Waals surface area contributed by atoms with Gasteiger partial charge in [-0.2, -0.15) is 0 Å². The Hall–Kier alpha value is -0.870. The Kier molecular flexibility index (Phi) is 2.10. The second-order valence-electron chi connectivity index (χ2n) is 2.27. The third-order valence-electron chi connectivity index (χ3n) is 1.49. The molecule has 0 aliphatic rings. The van der Waals surface area contributed by atoms with Crippen LogP contribution in [0.25, 0.3) is 10.6 Å². The predicted octanol–water partition coefficient (Wildman–Crippen LogP) is 2.91. The summed E-state index contributed by atoms with van der Waals surface area (Å²) in [6.45, 7) is 0. The van der Waals surface area contributed by atoms with Gasteiger partial charge in [0.05, 0.1) is 10.6 Å². The Morgan fingerprint density at radius 3 is 2.92 bits per heavy atom. The quantitative estimate of drug-likeness (QED) is 0.798. The van der Waals surface area contributed by atoms with Crippen LogP contribution in [0, 0.1) is 0 Å². The van der Waals surface area contributed by atoms with Gasteiger partial charge in [-0.3, -0.25) is 0 Å². The topological polar surface area (TPSA) is 24.9 Å². The van der Waals surface area contributed by atoms with E-state index >= 15 is 0 Å². The van der Waals surface area contributed by atoms with Crippen molar-refractivity contribution in [3.8, 4) is 10.6 Å². The average molecular weight is 196 g/mol. The van der Waals surface area contributed by atoms with Crippen molar-refractivity contribution < 1.29 is 0 Å². The Bertz CT molecular complexity index is 351. The van der Waals surface area contributed by atoms with E-state index in [0.717, 1.165) is 10.8 Å². The van der Waals surface area contributed by atoms with E-state index in [0.29, 0.717) is 0 Å². The maximum absolute atomic E-state index is 4.39. The summed E-state index contributed by atoms with van der Waals surface area (Å²) in [5, 5.41) is 8.12. The van der Waals surface area contributed by atoms with E-state index in [1.807, 2.05) is 13.1 Å². The van der Waals surface area contributed by atoms with Crippen molar-refractivity contribution in [2.24, 2.45) is 0 Å². The lowest BCUT2D eigenvalue weighted by Crippen LogP contribution is -1.84. The van der Waals surface area contributed by atoms with E-state index in [-0.39, 0.29) is 0 Å². The smallest absolute Gasteiger partial charge is 0.182 e. The number of hydrogen-bond donors (Lipinski definition) is 1. The Balaban J connectivity index is 2.35. The van der Waals surface area contributed by atoms with E-state index in [1.54, 1.807) is 22.7 Å². The zero-order valence-electron chi connectivity index (χ0n) is 6.57. The van der Waals surface area contributed by atoms with Crippen molar-refractivity contribution >= 4 is 27.8 Å². The minimum Gasteiger partial charge on any atom is -0.365 e. The second kappa shape index (κ2) is 3.25. The summed E-state index contributed by atoms with van der Waals surface area (Å²) in [4.78, 5) is 5.62. The van der Waals surface area contributed by atoms with Gasteiger partial charge < -0.3 is 5.32 Å². The molecule has 0 aliphatic heterocycles. The van der Waals surface area contributed by atoms with Gasteiger partial charge in [-0.15, -0.1) is 22.7 Å². The lowest BCUT2D eigenvalue weighted by atomic mass is 10.4. The van der Waals surface area contributed by atoms with Crippen LogP contribution in [0.5, 0.6) is 0 Å². The molecule has 0 aromatic carbocycles. The number of anilines is 1. The molecule has 0 fully saturated rings. The minimum absolute atomic E-state index is 0.971. The molecule has 2 aromatic rings. The fraction of sp³-hybridized carbons (Fsp3) is 0.125. The first kappa shape index (κ1) is 7.76. The number of nitrogens with zero attached hydrogens (tertiary/aromatic N) is 1. The van der Waals surface area contributed by atoms with Crippen LogP contribution in [-0.2, 0) is 0 Å². The number of nitrogens with one attached hydrogen (secondary N) is 1. The summed E-state index contributed by atoms with van der Waals surface area (Å²) in [6, 6.07) is 4.12. The van der Waals surface area contributed by atoms with Gasteiger partial charge in [0, 0.05) is 12.4 Å². The monoisotopic (exact) mass is 196 g/mol. The van der Waals surface area contributed by atoms with Crippen molar-refractivity contribution in [2.45, 2.75) is 0 Å². The molecule has 62 valence electrons. The van der Waals surface area contributed by atoms with Crippen molar-refractivity contribution in [3.05, 3.63) is 22.9 Å². The van der Waals surface area contributed by atoms with Gasteiger partial charge in [0.25, 0.3) is 0 Å². The molecule has 0 aliphatic carbocycles. The molecule has 0 atom stereocenters. The lowest BCUT2D eigenvalue weighted by Gasteiger charge is -1.88. The van der Waals surface area contributed by atoms with Crippen molar-refractivity contribution in [1.82, 2.24) is 4.98 Å². The van der Waals surface area contributed by atoms with Crippen molar-refractivity contribution in [2.75, 3.05) is 12.4 Å². The number of hydrogen-bond acceptors (Lipinski definition) is 4. The summed E-state index contributed by atoms with van der Waals surface area (Å²) in [6.07, 6.45) is 0. The van der Waals surface area contributed by atoms with E-state index < -0.39 is 0 Å². The molecule has 0 amide bonds. The maximum Gasteiger partial charge on any atom is 0.182 e. The van der Waals surface area contributed by atoms with Gasteiger partial charge >= 0.3 is 0 Å². The molecule has 1 N–H and O–H groups in total. The molecular formula is C8H8N2S2. The van der Waals surface area contributed by atoms with E-state index in [9.17, 15) is 0 Å². The molecule has 0 bridgehead atoms. The molecule has 2 heterocycles. The normalized spacial score (nSPS) is 10.1. The summed E-state index contributed by atoms with van der Waals surface area (Å²) < 4.78 is 0. The van der Waals surface area contributed by atoms with E-state index in [4.69, 9.17) is 0 Å². The summed E-state index contributed by atoms with van der Waals surface area (Å²) in [7, 11) is 1.89. The van der Waals surface area contributed by atoms with Crippen LogP contribution < -0.4 is 5.32 Å². The van der Waals surface area contributed by atoms with Gasteiger partial charge in [-0.25, -0.2) is 4.98 Å². The molecule has 0 saturated heterocycles. The third-order valence-corrected chi connectivity index (χ3v) is 3.24. The third kappa shape index (κ3) is 1.35. The van der Waals surface area contributed by atoms with Crippen molar-refractivity contribution in [1.29, 1.82) is 0 Å². The Labute approximate surface area is 78.9 Å². The zero-order chi connectivity index (χ0) is 8.39. The maximum atomic E-state index is 4.39. The first-order chi connectivity index (χ1) is 5.90. The highest BCUT2D eigenvalue weighted by Crippen LogP contribution is 2.27. The molecule has 2 aromatic heterocycles. The van der Waals surface area contributed by atoms with Gasteiger partial charge in [-0.05, 0) is 11.4 Å². The van der Waals surface area contributed by atoms with E-state index in [1.165, 1.54) is 4.88 Å². The zero-order valence-corrected chi connectivity index (χ0v) is 8.21. The first-order valence-electron chi connectivity index (χ1n) is 3.57. The molecular weight excluding hydrogens is 188 g/mol. The molecule has 2 rings (SSSR count). The number of thiophene rings is 1. The molecule has 0 spiro atoms. The molecule has 0 saturated carbocycles. The minimum atomic E-state index is 0.971. The fourth-order valence-corrected chi connectivity index (χ4v) is 2.36. The highest BCUT2D eigenvalue weighted by molar-refractivity contribution is 7.15. The first-order valence-corrected chi connectivity index (χ1v) is 5.33. The Morgan fingerprint density at radius 1 is 1.42 bits per heavy atom. The Morgan fingerprint density at radius 2 is 2.33 bits per heavy atom. The van der Waals surface area contributed by atoms with Crippen LogP contribution in [-0.4, -0.2) is 12.0 Å². The van der Waals surface area contributed by atoms with Gasteiger partial charge in [-0.1, -0.05) is 6.07 Å². The van der Waals surface area contributed by atoms with Crippen LogP contribution >= 0.6 is 22.7 Å². The highest BCUT2D eigenvalue weighted by atomic mass is 32.1. The fourth-order valence-electron chi connectivity index (χ4n) is 0.926. The standard InChI is InChI=1S/C8H8N2S2/c1-9-8-10-6(5-12-8)7-3-2-4-11-7/h2-5H,1H3,(H,9,10). The summed E-state index contributed by atoms with van der Waals surface area (Å²) in [5.74, 6) is 0. The van der Waals surface area contributed by atoms with Crippen LogP contribution in [0.4, 0.5) is 5.13 Å². The largest absolute Gasteiger partial charge is 0.365 e. The second-order valence-corrected chi connectivity index (χ2v) is 4.07. The number of rotatable bonds is 2. The van der Waals surface area contributed by atoms with Gasteiger partial charge in [0.2, 0.25) is 0 Å². The van der Waals surface area contributed by atoms with Crippen LogP contribution in [0.2, 0.25) is 0 Å². The lowest BCUT2D eigenvalue weighted by molar-refractivity contribution is 1.37. The summed E-state index contributed by atoms with van der Waals surface area (Å²) in [5.41, 5.74) is 1.07. The highest BCUT2D eigenvalue weighted by Gasteiger charge is 2.02. The van der Waals surface area contributed by atoms with Gasteiger partial charge in [0.1, 0.15) is 0 Å². The average Bonchev–Trinajstić information content (AvgIpc) is 2.75. The summed E-state index contributed by atoms with van der Waals surface area (Å²) >= 11 is 3.35. The van der Waals surface area contributed by atoms with Crippen LogP contribution in [0.1, 0.15) is 0 Å². The van der Waals surface area contributed by atoms with Gasteiger partial charge in [0.15, 0.2) is 5.13 Å². The van der Waals surface area contributed by atoms with Crippen LogP contribution in [0.15, 0.2) is 22.9 Å².